The van der Waals surface area contributed by atoms with Gasteiger partial charge in [0.25, 0.3) is 0 Å². The largest absolute Gasteiger partial charge is 0.461 e. The van der Waals surface area contributed by atoms with E-state index in [1.807, 2.05) is 6.07 Å². The van der Waals surface area contributed by atoms with E-state index in [1.54, 1.807) is 0 Å². The number of fused-ring (bicyclic) bond motifs is 1. The van der Waals surface area contributed by atoms with E-state index in [0.29, 0.717) is 12.0 Å². The SMILES string of the molecule is O=CC1Nc2ccc(C3CCC(NCCCc4ccccc4)CC3)cc2O1. The fraction of sp³-hybridized carbons (Fsp3) is 0.435. The third-order valence-corrected chi connectivity index (χ3v) is 5.80. The zero-order valence-electron chi connectivity index (χ0n) is 15.7. The van der Waals surface area contributed by atoms with Crippen LogP contribution < -0.4 is 15.4 Å². The maximum absolute atomic E-state index is 10.9. The molecule has 1 atom stereocenters. The lowest BCUT2D eigenvalue weighted by atomic mass is 9.81. The minimum Gasteiger partial charge on any atom is -0.461 e. The van der Waals surface area contributed by atoms with Gasteiger partial charge in [-0.15, -0.1) is 0 Å². The molecule has 1 unspecified atom stereocenters. The summed E-state index contributed by atoms with van der Waals surface area (Å²) in [4.78, 5) is 10.9. The van der Waals surface area contributed by atoms with Crippen molar-refractivity contribution in [2.45, 2.75) is 56.7 Å². The van der Waals surface area contributed by atoms with Crippen molar-refractivity contribution < 1.29 is 9.53 Å². The van der Waals surface area contributed by atoms with Crippen LogP contribution in [0.5, 0.6) is 5.75 Å². The highest BCUT2D eigenvalue weighted by molar-refractivity contribution is 5.71. The molecule has 1 fully saturated rings. The quantitative estimate of drug-likeness (QED) is 0.569. The van der Waals surface area contributed by atoms with Crippen molar-refractivity contribution in [2.75, 3.05) is 11.9 Å². The van der Waals surface area contributed by atoms with Gasteiger partial charge < -0.3 is 15.4 Å². The summed E-state index contributed by atoms with van der Waals surface area (Å²) in [5.74, 6) is 1.40. The van der Waals surface area contributed by atoms with Crippen molar-refractivity contribution in [1.82, 2.24) is 5.32 Å². The molecule has 2 aromatic carbocycles. The maximum Gasteiger partial charge on any atom is 0.226 e. The summed E-state index contributed by atoms with van der Waals surface area (Å²) >= 11 is 0. The number of nitrogens with one attached hydrogen (secondary N) is 2. The molecule has 0 bridgehead atoms. The number of carbonyl (C=O) groups excluding carboxylic acids is 1. The lowest BCUT2D eigenvalue weighted by molar-refractivity contribution is -0.112. The van der Waals surface area contributed by atoms with Crippen LogP contribution in [0.1, 0.15) is 49.1 Å². The number of aldehydes is 1. The molecule has 4 rings (SSSR count). The van der Waals surface area contributed by atoms with Crippen molar-refractivity contribution in [2.24, 2.45) is 0 Å². The first-order valence-corrected chi connectivity index (χ1v) is 10.1. The van der Waals surface area contributed by atoms with E-state index in [9.17, 15) is 4.79 Å². The standard InChI is InChI=1S/C23H28N2O2/c26-16-23-25-21-13-10-19(15-22(21)27-23)18-8-11-20(12-9-18)24-14-4-7-17-5-2-1-3-6-17/h1-3,5-6,10,13,15-16,18,20,23-25H,4,7-9,11-12,14H2. The molecule has 27 heavy (non-hydrogen) atoms. The highest BCUT2D eigenvalue weighted by Gasteiger charge is 2.25. The summed E-state index contributed by atoms with van der Waals surface area (Å²) < 4.78 is 5.62. The molecule has 1 aliphatic heterocycles. The van der Waals surface area contributed by atoms with Crippen molar-refractivity contribution in [1.29, 1.82) is 0 Å². The molecule has 0 spiro atoms. The number of hydrogen-bond acceptors (Lipinski definition) is 4. The minimum absolute atomic E-state index is 0.536. The van der Waals surface area contributed by atoms with Gasteiger partial charge in [-0.1, -0.05) is 36.4 Å². The first-order chi connectivity index (χ1) is 13.3. The molecule has 0 aromatic heterocycles. The van der Waals surface area contributed by atoms with Crippen molar-refractivity contribution >= 4 is 12.0 Å². The van der Waals surface area contributed by atoms with Crippen LogP contribution in [-0.4, -0.2) is 25.1 Å². The zero-order chi connectivity index (χ0) is 18.5. The van der Waals surface area contributed by atoms with E-state index in [2.05, 4.69) is 53.1 Å². The summed E-state index contributed by atoms with van der Waals surface area (Å²) in [6.07, 6.45) is 7.47. The molecule has 2 N–H and O–H groups in total. The minimum atomic E-state index is -0.536. The van der Waals surface area contributed by atoms with Crippen LogP contribution in [0.4, 0.5) is 5.69 Å². The predicted octanol–water partition coefficient (Wildman–Crippen LogP) is 4.26. The van der Waals surface area contributed by atoms with Gasteiger partial charge in [-0.2, -0.15) is 0 Å². The van der Waals surface area contributed by atoms with Crippen LogP contribution in [0, 0.1) is 0 Å². The first-order valence-electron chi connectivity index (χ1n) is 10.1. The molecule has 4 nitrogen and oxygen atoms in total. The van der Waals surface area contributed by atoms with Gasteiger partial charge in [-0.05, 0) is 74.2 Å². The second-order valence-electron chi connectivity index (χ2n) is 7.67. The second kappa shape index (κ2) is 8.57. The maximum atomic E-state index is 10.9. The molecule has 142 valence electrons. The Balaban J connectivity index is 1.21. The number of ether oxygens (including phenoxy) is 1. The van der Waals surface area contributed by atoms with Crippen LogP contribution >= 0.6 is 0 Å². The van der Waals surface area contributed by atoms with Gasteiger partial charge in [-0.3, -0.25) is 4.79 Å². The molecule has 0 radical (unpaired) electrons. The Kier molecular flexibility index (Phi) is 5.73. The second-order valence-corrected chi connectivity index (χ2v) is 7.67. The molecule has 0 saturated heterocycles. The Morgan fingerprint density at radius 1 is 1.07 bits per heavy atom. The number of hydrogen-bond donors (Lipinski definition) is 2. The van der Waals surface area contributed by atoms with E-state index in [1.165, 1.54) is 43.2 Å². The number of anilines is 1. The molecular weight excluding hydrogens is 336 g/mol. The molecule has 1 heterocycles. The third kappa shape index (κ3) is 4.51. The van der Waals surface area contributed by atoms with E-state index < -0.39 is 6.23 Å². The number of rotatable bonds is 7. The molecule has 4 heteroatoms. The van der Waals surface area contributed by atoms with Crippen LogP contribution in [0.15, 0.2) is 48.5 Å². The number of carbonyl (C=O) groups is 1. The van der Waals surface area contributed by atoms with E-state index in [-0.39, 0.29) is 0 Å². The van der Waals surface area contributed by atoms with Gasteiger partial charge in [-0.25, -0.2) is 0 Å². The topological polar surface area (TPSA) is 50.4 Å². The van der Waals surface area contributed by atoms with Gasteiger partial charge in [0.1, 0.15) is 5.75 Å². The van der Waals surface area contributed by atoms with Gasteiger partial charge in [0.15, 0.2) is 6.29 Å². The molecule has 2 aromatic rings. The molecule has 1 aliphatic carbocycles. The summed E-state index contributed by atoms with van der Waals surface area (Å²) in [7, 11) is 0. The summed E-state index contributed by atoms with van der Waals surface area (Å²) in [6, 6.07) is 17.7. The van der Waals surface area contributed by atoms with Crippen LogP contribution in [0.25, 0.3) is 0 Å². The van der Waals surface area contributed by atoms with Crippen LogP contribution in [-0.2, 0) is 11.2 Å². The molecule has 1 saturated carbocycles. The van der Waals surface area contributed by atoms with Gasteiger partial charge in [0, 0.05) is 6.04 Å². The van der Waals surface area contributed by atoms with Gasteiger partial charge in [0.2, 0.25) is 6.23 Å². The Morgan fingerprint density at radius 3 is 2.67 bits per heavy atom. The molecule has 0 amide bonds. The lowest BCUT2D eigenvalue weighted by Gasteiger charge is -2.29. The summed E-state index contributed by atoms with van der Waals surface area (Å²) in [5.41, 5.74) is 3.68. The Hall–Kier alpha value is -2.33. The Bertz CT molecular complexity index is 754. The van der Waals surface area contributed by atoms with Gasteiger partial charge >= 0.3 is 0 Å². The fourth-order valence-electron chi connectivity index (χ4n) is 4.27. The normalized spacial score (nSPS) is 23.9. The van der Waals surface area contributed by atoms with Crippen molar-refractivity contribution in [3.8, 4) is 5.75 Å². The third-order valence-electron chi connectivity index (χ3n) is 5.80. The average Bonchev–Trinajstić information content (AvgIpc) is 3.15. The summed E-state index contributed by atoms with van der Waals surface area (Å²) in [5, 5.41) is 6.81. The number of aryl methyl sites for hydroxylation is 1. The lowest BCUT2D eigenvalue weighted by Crippen LogP contribution is -2.33. The van der Waals surface area contributed by atoms with Crippen LogP contribution in [0.3, 0.4) is 0 Å². The first kappa shape index (κ1) is 18.1. The predicted molar refractivity (Wildman–Crippen MR) is 108 cm³/mol. The molecular formula is C23H28N2O2. The fourth-order valence-corrected chi connectivity index (χ4v) is 4.27. The monoisotopic (exact) mass is 364 g/mol. The van der Waals surface area contributed by atoms with Crippen molar-refractivity contribution in [3.63, 3.8) is 0 Å². The van der Waals surface area contributed by atoms with Crippen molar-refractivity contribution in [3.05, 3.63) is 59.7 Å². The van der Waals surface area contributed by atoms with E-state index >= 15 is 0 Å². The molecule has 2 aliphatic rings. The van der Waals surface area contributed by atoms with E-state index in [4.69, 9.17) is 4.74 Å². The van der Waals surface area contributed by atoms with Gasteiger partial charge in [0.05, 0.1) is 5.69 Å². The number of benzene rings is 2. The highest BCUT2D eigenvalue weighted by atomic mass is 16.5. The smallest absolute Gasteiger partial charge is 0.226 e. The highest BCUT2D eigenvalue weighted by Crippen LogP contribution is 2.38. The Labute approximate surface area is 161 Å². The van der Waals surface area contributed by atoms with Crippen LogP contribution in [0.2, 0.25) is 0 Å². The Morgan fingerprint density at radius 2 is 1.89 bits per heavy atom. The summed E-state index contributed by atoms with van der Waals surface area (Å²) in [6.45, 7) is 1.09. The van der Waals surface area contributed by atoms with E-state index in [0.717, 1.165) is 30.7 Å². The average molecular weight is 364 g/mol. The zero-order valence-corrected chi connectivity index (χ0v) is 15.7.